The molecule has 1 saturated carbocycles. The van der Waals surface area contributed by atoms with Gasteiger partial charge in [-0.3, -0.25) is 9.36 Å². The number of ether oxygens (including phenoxy) is 3. The normalized spacial score (nSPS) is 15.8. The van der Waals surface area contributed by atoms with E-state index in [9.17, 15) is 13.6 Å². The van der Waals surface area contributed by atoms with Crippen LogP contribution in [0.4, 0.5) is 14.7 Å². The van der Waals surface area contributed by atoms with Crippen LogP contribution < -0.4 is 20.5 Å². The van der Waals surface area contributed by atoms with Crippen molar-refractivity contribution in [2.45, 2.75) is 44.6 Å². The van der Waals surface area contributed by atoms with E-state index in [2.05, 4.69) is 20.3 Å². The molecule has 2 aliphatic rings. The molecule has 4 aromatic rings. The van der Waals surface area contributed by atoms with Crippen molar-refractivity contribution in [1.29, 1.82) is 0 Å². The number of carbonyl (C=O) groups is 1. The number of carbonyl (C=O) groups excluding carboxylic acids is 1. The Labute approximate surface area is 228 Å². The Kier molecular flexibility index (Phi) is 6.70. The number of amides is 1. The summed E-state index contributed by atoms with van der Waals surface area (Å²) in [5.74, 6) is -2.82. The third-order valence-corrected chi connectivity index (χ3v) is 7.19. The van der Waals surface area contributed by atoms with Crippen LogP contribution in [-0.4, -0.2) is 51.8 Å². The molecule has 2 aromatic carbocycles. The largest absolute Gasteiger partial charge is 0.494 e. The molecule has 2 fully saturated rings. The van der Waals surface area contributed by atoms with Gasteiger partial charge in [-0.1, -0.05) is 0 Å². The van der Waals surface area contributed by atoms with Gasteiger partial charge in [0.05, 0.1) is 24.1 Å². The number of hydrogen-bond acceptors (Lipinski definition) is 8. The lowest BCUT2D eigenvalue weighted by Gasteiger charge is -2.22. The van der Waals surface area contributed by atoms with Gasteiger partial charge in [-0.05, 0) is 56.4 Å². The van der Waals surface area contributed by atoms with Crippen molar-refractivity contribution in [3.05, 3.63) is 59.0 Å². The van der Waals surface area contributed by atoms with Crippen molar-refractivity contribution >= 4 is 23.0 Å². The summed E-state index contributed by atoms with van der Waals surface area (Å²) in [6.07, 6.45) is 4.94. The van der Waals surface area contributed by atoms with E-state index in [0.717, 1.165) is 31.4 Å². The molecule has 12 heteroatoms. The number of methoxy groups -OCH3 is 1. The lowest BCUT2D eigenvalue weighted by molar-refractivity contribution is 0.0848. The molecule has 0 spiro atoms. The number of nitrogen functional groups attached to an aromatic ring is 1. The molecule has 3 N–H and O–H groups in total. The van der Waals surface area contributed by atoms with E-state index in [0.29, 0.717) is 41.2 Å². The molecule has 0 unspecified atom stereocenters. The lowest BCUT2D eigenvalue weighted by atomic mass is 9.95. The highest BCUT2D eigenvalue weighted by molar-refractivity contribution is 6.00. The monoisotopic (exact) mass is 550 g/mol. The van der Waals surface area contributed by atoms with E-state index < -0.39 is 11.6 Å². The first-order chi connectivity index (χ1) is 19.3. The summed E-state index contributed by atoms with van der Waals surface area (Å²) in [4.78, 5) is 27.0. The van der Waals surface area contributed by atoms with Crippen molar-refractivity contribution in [1.82, 2.24) is 24.8 Å². The van der Waals surface area contributed by atoms with Crippen LogP contribution in [-0.2, 0) is 4.74 Å². The van der Waals surface area contributed by atoms with Crippen molar-refractivity contribution in [3.8, 4) is 22.9 Å². The molecule has 6 rings (SSSR count). The summed E-state index contributed by atoms with van der Waals surface area (Å²) in [7, 11) is 1.25. The standard InChI is InChI=1S/C28H28F2N6O4/c1-14-11-17(40-20-6-5-19(38-2)22(29)23(20)30)12-18(21(14)27(37)33-16-3-4-16)36-13-32-25-24(15-7-9-39-10-8-15)34-28(31)35-26(25)36/h5-6,11-13,15-16H,3-4,7-10H2,1-2H3,(H,33,37)(H2,31,34,35). The molecule has 1 aliphatic carbocycles. The minimum Gasteiger partial charge on any atom is -0.494 e. The topological polar surface area (TPSA) is 126 Å². The highest BCUT2D eigenvalue weighted by Crippen LogP contribution is 2.36. The van der Waals surface area contributed by atoms with Crippen molar-refractivity contribution < 1.29 is 27.8 Å². The Morgan fingerprint density at radius 2 is 1.82 bits per heavy atom. The van der Waals surface area contributed by atoms with Gasteiger partial charge < -0.3 is 25.3 Å². The van der Waals surface area contributed by atoms with Gasteiger partial charge in [0.25, 0.3) is 5.91 Å². The molecular formula is C28H28F2N6O4. The maximum absolute atomic E-state index is 14.7. The maximum atomic E-state index is 14.7. The Morgan fingerprint density at radius 1 is 1.10 bits per heavy atom. The highest BCUT2D eigenvalue weighted by Gasteiger charge is 2.29. The second kappa shape index (κ2) is 10.3. The van der Waals surface area contributed by atoms with Gasteiger partial charge in [0, 0.05) is 31.2 Å². The molecule has 40 heavy (non-hydrogen) atoms. The van der Waals surface area contributed by atoms with Gasteiger partial charge in [0.2, 0.25) is 17.6 Å². The number of rotatable bonds is 7. The fraction of sp³-hybridized carbons (Fsp3) is 0.357. The van der Waals surface area contributed by atoms with E-state index >= 15 is 0 Å². The van der Waals surface area contributed by atoms with Crippen molar-refractivity contribution in [2.24, 2.45) is 0 Å². The minimum absolute atomic E-state index is 0.0830. The van der Waals surface area contributed by atoms with Crippen LogP contribution in [0.25, 0.3) is 16.9 Å². The zero-order chi connectivity index (χ0) is 28.0. The quantitative estimate of drug-likeness (QED) is 0.343. The number of nitrogens with two attached hydrogens (primary N) is 1. The Morgan fingerprint density at radius 3 is 2.55 bits per heavy atom. The van der Waals surface area contributed by atoms with Gasteiger partial charge in [-0.2, -0.15) is 13.8 Å². The number of nitrogens with one attached hydrogen (secondary N) is 1. The molecule has 0 atom stereocenters. The van der Waals surface area contributed by atoms with E-state index in [4.69, 9.17) is 19.9 Å². The number of hydrogen-bond donors (Lipinski definition) is 2. The van der Waals surface area contributed by atoms with Gasteiger partial charge in [-0.15, -0.1) is 0 Å². The summed E-state index contributed by atoms with van der Waals surface area (Å²) in [5.41, 5.74) is 9.21. The second-order valence-corrected chi connectivity index (χ2v) is 10.0. The summed E-state index contributed by atoms with van der Waals surface area (Å²) < 4.78 is 46.9. The van der Waals surface area contributed by atoms with E-state index in [-0.39, 0.29) is 41.1 Å². The number of aromatic nitrogens is 4. The molecule has 0 radical (unpaired) electrons. The minimum atomic E-state index is -1.19. The van der Waals surface area contributed by atoms with Crippen LogP contribution in [0.2, 0.25) is 0 Å². The average molecular weight is 551 g/mol. The molecule has 1 amide bonds. The molecule has 10 nitrogen and oxygen atoms in total. The molecule has 208 valence electrons. The zero-order valence-electron chi connectivity index (χ0n) is 22.0. The number of fused-ring (bicyclic) bond motifs is 1. The van der Waals surface area contributed by atoms with E-state index in [1.54, 1.807) is 30.0 Å². The highest BCUT2D eigenvalue weighted by atomic mass is 19.2. The smallest absolute Gasteiger partial charge is 0.253 e. The fourth-order valence-corrected chi connectivity index (χ4v) is 5.01. The van der Waals surface area contributed by atoms with Gasteiger partial charge in [0.15, 0.2) is 17.1 Å². The summed E-state index contributed by atoms with van der Waals surface area (Å²) in [5, 5.41) is 3.03. The number of halogens is 2. The first kappa shape index (κ1) is 25.9. The molecule has 3 heterocycles. The van der Waals surface area contributed by atoms with E-state index in [1.807, 2.05) is 0 Å². The number of anilines is 1. The van der Waals surface area contributed by atoms with Crippen LogP contribution >= 0.6 is 0 Å². The SMILES string of the molecule is COc1ccc(Oc2cc(C)c(C(=O)NC3CC3)c(-n3cnc4c(C5CCOCC5)nc(N)nc43)c2)c(F)c1F. The first-order valence-corrected chi connectivity index (χ1v) is 13.1. The summed E-state index contributed by atoms with van der Waals surface area (Å²) in [6, 6.07) is 5.84. The predicted octanol–water partition coefficient (Wildman–Crippen LogP) is 4.57. The number of aryl methyl sites for hydroxylation is 1. The molecular weight excluding hydrogens is 522 g/mol. The van der Waals surface area contributed by atoms with E-state index in [1.165, 1.54) is 19.2 Å². The fourth-order valence-electron chi connectivity index (χ4n) is 5.01. The second-order valence-electron chi connectivity index (χ2n) is 10.0. The third kappa shape index (κ3) is 4.79. The number of imidazole rings is 1. The average Bonchev–Trinajstić information content (AvgIpc) is 3.66. The first-order valence-electron chi connectivity index (χ1n) is 13.1. The van der Waals surface area contributed by atoms with Crippen LogP contribution in [0.3, 0.4) is 0 Å². The maximum Gasteiger partial charge on any atom is 0.253 e. The lowest BCUT2D eigenvalue weighted by Crippen LogP contribution is -2.27. The Balaban J connectivity index is 1.48. The van der Waals surface area contributed by atoms with Crippen LogP contribution in [0, 0.1) is 18.6 Å². The van der Waals surface area contributed by atoms with Crippen molar-refractivity contribution in [3.63, 3.8) is 0 Å². The zero-order valence-corrected chi connectivity index (χ0v) is 22.0. The molecule has 1 aliphatic heterocycles. The molecule has 1 saturated heterocycles. The van der Waals surface area contributed by atoms with Gasteiger partial charge in [0.1, 0.15) is 17.6 Å². The summed E-state index contributed by atoms with van der Waals surface area (Å²) in [6.45, 7) is 2.98. The Hall–Kier alpha value is -4.32. The van der Waals surface area contributed by atoms with Gasteiger partial charge >= 0.3 is 0 Å². The Bertz CT molecular complexity index is 1610. The molecule has 0 bridgehead atoms. The van der Waals surface area contributed by atoms with Crippen LogP contribution in [0.15, 0.2) is 30.6 Å². The number of nitrogens with zero attached hydrogens (tertiary/aromatic N) is 4. The van der Waals surface area contributed by atoms with Crippen LogP contribution in [0.1, 0.15) is 53.2 Å². The predicted molar refractivity (Wildman–Crippen MR) is 142 cm³/mol. The van der Waals surface area contributed by atoms with Crippen LogP contribution in [0.5, 0.6) is 17.2 Å². The third-order valence-electron chi connectivity index (χ3n) is 7.19. The summed E-state index contributed by atoms with van der Waals surface area (Å²) >= 11 is 0. The number of benzene rings is 2. The van der Waals surface area contributed by atoms with Crippen molar-refractivity contribution in [2.75, 3.05) is 26.1 Å². The van der Waals surface area contributed by atoms with Gasteiger partial charge in [-0.25, -0.2) is 9.97 Å². The molecule has 2 aromatic heterocycles.